The fraction of sp³-hybridized carbons (Fsp3) is 0.438. The normalized spacial score (nSPS) is 18.5. The van der Waals surface area contributed by atoms with Crippen LogP contribution in [0.25, 0.3) is 0 Å². The summed E-state index contributed by atoms with van der Waals surface area (Å²) in [6, 6.07) is -0.524. The van der Waals surface area contributed by atoms with Crippen molar-refractivity contribution >= 4 is 11.8 Å². The largest absolute Gasteiger partial charge is 0.410 e. The molecule has 0 aromatic carbocycles. The summed E-state index contributed by atoms with van der Waals surface area (Å²) in [5.74, 6) is -1.32. The van der Waals surface area contributed by atoms with Crippen LogP contribution in [0.15, 0.2) is 24.9 Å². The molecule has 0 N–H and O–H groups in total. The SMILES string of the molecule is C=CC(=O)N1CCN(C(=O)c2cnc(C)c(C)c2)C(C(F)(F)F)C1. The van der Waals surface area contributed by atoms with Gasteiger partial charge in [0.25, 0.3) is 5.91 Å². The van der Waals surface area contributed by atoms with E-state index in [4.69, 9.17) is 0 Å². The lowest BCUT2D eigenvalue weighted by Gasteiger charge is -2.41. The summed E-state index contributed by atoms with van der Waals surface area (Å²) in [4.78, 5) is 30.0. The Morgan fingerprint density at radius 2 is 2.00 bits per heavy atom. The lowest BCUT2D eigenvalue weighted by molar-refractivity contribution is -0.189. The van der Waals surface area contributed by atoms with Crippen molar-refractivity contribution in [3.05, 3.63) is 41.7 Å². The van der Waals surface area contributed by atoms with Crippen LogP contribution in [-0.2, 0) is 4.79 Å². The number of carbonyl (C=O) groups excluding carboxylic acids is 2. The number of amides is 2. The minimum atomic E-state index is -4.64. The number of aromatic nitrogens is 1. The maximum atomic E-state index is 13.4. The topological polar surface area (TPSA) is 53.5 Å². The van der Waals surface area contributed by atoms with E-state index in [2.05, 4.69) is 11.6 Å². The molecule has 1 fully saturated rings. The number of rotatable bonds is 2. The van der Waals surface area contributed by atoms with Crippen molar-refractivity contribution in [1.82, 2.24) is 14.8 Å². The first-order valence-electron chi connectivity index (χ1n) is 7.37. The molecule has 2 amide bonds. The van der Waals surface area contributed by atoms with Crippen LogP contribution in [0, 0.1) is 13.8 Å². The van der Waals surface area contributed by atoms with Crippen LogP contribution in [0.1, 0.15) is 21.6 Å². The average molecular weight is 341 g/mol. The number of aryl methyl sites for hydroxylation is 2. The van der Waals surface area contributed by atoms with E-state index in [1.165, 1.54) is 12.3 Å². The molecule has 0 aliphatic carbocycles. The van der Waals surface area contributed by atoms with Gasteiger partial charge in [0.2, 0.25) is 5.91 Å². The molecule has 2 heterocycles. The third kappa shape index (κ3) is 3.58. The molecule has 5 nitrogen and oxygen atoms in total. The number of pyridine rings is 1. The van der Waals surface area contributed by atoms with Crippen molar-refractivity contribution < 1.29 is 22.8 Å². The van der Waals surface area contributed by atoms with Gasteiger partial charge >= 0.3 is 6.18 Å². The first kappa shape index (κ1) is 18.0. The van der Waals surface area contributed by atoms with Gasteiger partial charge in [-0.25, -0.2) is 0 Å². The van der Waals surface area contributed by atoms with Gasteiger partial charge < -0.3 is 9.80 Å². The Labute approximate surface area is 137 Å². The first-order valence-corrected chi connectivity index (χ1v) is 7.37. The third-order valence-corrected chi connectivity index (χ3v) is 4.09. The van der Waals surface area contributed by atoms with Crippen LogP contribution in [0.5, 0.6) is 0 Å². The van der Waals surface area contributed by atoms with Gasteiger partial charge in [-0.3, -0.25) is 14.6 Å². The number of nitrogens with zero attached hydrogens (tertiary/aromatic N) is 3. The number of alkyl halides is 3. The second kappa shape index (κ2) is 6.62. The van der Waals surface area contributed by atoms with E-state index in [1.54, 1.807) is 13.8 Å². The molecular weight excluding hydrogens is 323 g/mol. The monoisotopic (exact) mass is 341 g/mol. The molecule has 1 atom stereocenters. The fourth-order valence-electron chi connectivity index (χ4n) is 2.56. The lowest BCUT2D eigenvalue weighted by Crippen LogP contribution is -2.61. The van der Waals surface area contributed by atoms with Crippen LogP contribution < -0.4 is 0 Å². The summed E-state index contributed by atoms with van der Waals surface area (Å²) in [5, 5.41) is 0. The highest BCUT2D eigenvalue weighted by atomic mass is 19.4. The molecule has 1 aliphatic heterocycles. The van der Waals surface area contributed by atoms with Crippen LogP contribution in [0.3, 0.4) is 0 Å². The molecule has 1 aromatic heterocycles. The average Bonchev–Trinajstić information content (AvgIpc) is 2.54. The van der Waals surface area contributed by atoms with E-state index in [1.807, 2.05) is 0 Å². The van der Waals surface area contributed by atoms with E-state index in [0.29, 0.717) is 5.69 Å². The number of piperazine rings is 1. The zero-order valence-electron chi connectivity index (χ0n) is 13.4. The van der Waals surface area contributed by atoms with Crippen LogP contribution in [-0.4, -0.2) is 58.5 Å². The second-order valence-corrected chi connectivity index (χ2v) is 5.67. The van der Waals surface area contributed by atoms with Crippen molar-refractivity contribution in [2.24, 2.45) is 0 Å². The minimum absolute atomic E-state index is 0.0292. The molecule has 8 heteroatoms. The number of carbonyl (C=O) groups is 2. The van der Waals surface area contributed by atoms with Gasteiger partial charge in [0.1, 0.15) is 6.04 Å². The Morgan fingerprint density at radius 1 is 1.33 bits per heavy atom. The molecule has 130 valence electrons. The van der Waals surface area contributed by atoms with E-state index in [9.17, 15) is 22.8 Å². The zero-order chi connectivity index (χ0) is 18.1. The number of halogens is 3. The van der Waals surface area contributed by atoms with Gasteiger partial charge in [-0.05, 0) is 31.6 Å². The van der Waals surface area contributed by atoms with Crippen LogP contribution in [0.2, 0.25) is 0 Å². The Kier molecular flexibility index (Phi) is 4.96. The molecule has 1 saturated heterocycles. The van der Waals surface area contributed by atoms with Gasteiger partial charge in [-0.15, -0.1) is 0 Å². The Bertz CT molecular complexity index is 673. The van der Waals surface area contributed by atoms with E-state index < -0.39 is 30.6 Å². The molecule has 1 aliphatic rings. The van der Waals surface area contributed by atoms with Gasteiger partial charge in [-0.1, -0.05) is 6.58 Å². The number of hydrogen-bond donors (Lipinski definition) is 0. The van der Waals surface area contributed by atoms with Crippen LogP contribution >= 0.6 is 0 Å². The molecular formula is C16H18F3N3O2. The summed E-state index contributed by atoms with van der Waals surface area (Å²) >= 11 is 0. The highest BCUT2D eigenvalue weighted by Crippen LogP contribution is 2.29. The van der Waals surface area contributed by atoms with Crippen LogP contribution in [0.4, 0.5) is 13.2 Å². The summed E-state index contributed by atoms with van der Waals surface area (Å²) in [5.41, 5.74) is 1.54. The van der Waals surface area contributed by atoms with Crippen molar-refractivity contribution in [3.8, 4) is 0 Å². The van der Waals surface area contributed by atoms with Gasteiger partial charge in [-0.2, -0.15) is 13.2 Å². The summed E-state index contributed by atoms with van der Waals surface area (Å²) < 4.78 is 40.1. The smallest absolute Gasteiger partial charge is 0.335 e. The van der Waals surface area contributed by atoms with Crippen molar-refractivity contribution in [1.29, 1.82) is 0 Å². The quantitative estimate of drug-likeness (QED) is 0.774. The standard InChI is InChI=1S/C16H18F3N3O2/c1-4-14(23)21-5-6-22(13(9-21)16(17,18)19)15(24)12-7-10(2)11(3)20-8-12/h4,7-8,13H,1,5-6,9H2,2-3H3. The second-order valence-electron chi connectivity index (χ2n) is 5.67. The van der Waals surface area contributed by atoms with Crippen molar-refractivity contribution in [2.75, 3.05) is 19.6 Å². The fourth-order valence-corrected chi connectivity index (χ4v) is 2.56. The highest BCUT2D eigenvalue weighted by molar-refractivity contribution is 5.95. The molecule has 0 spiro atoms. The maximum Gasteiger partial charge on any atom is 0.410 e. The predicted octanol–water partition coefficient (Wildman–Crippen LogP) is 2.10. The lowest BCUT2D eigenvalue weighted by atomic mass is 10.1. The summed E-state index contributed by atoms with van der Waals surface area (Å²) in [6.45, 7) is 6.00. The zero-order valence-corrected chi connectivity index (χ0v) is 13.4. The van der Waals surface area contributed by atoms with E-state index >= 15 is 0 Å². The van der Waals surface area contributed by atoms with E-state index in [-0.39, 0.29) is 18.7 Å². The van der Waals surface area contributed by atoms with Gasteiger partial charge in [0.15, 0.2) is 0 Å². The predicted molar refractivity (Wildman–Crippen MR) is 81.4 cm³/mol. The molecule has 0 bridgehead atoms. The van der Waals surface area contributed by atoms with Crippen molar-refractivity contribution in [3.63, 3.8) is 0 Å². The van der Waals surface area contributed by atoms with E-state index in [0.717, 1.165) is 21.4 Å². The van der Waals surface area contributed by atoms with Gasteiger partial charge in [0, 0.05) is 25.0 Å². The first-order chi connectivity index (χ1) is 11.1. The number of hydrogen-bond acceptors (Lipinski definition) is 3. The minimum Gasteiger partial charge on any atom is -0.335 e. The van der Waals surface area contributed by atoms with Crippen molar-refractivity contribution in [2.45, 2.75) is 26.1 Å². The molecule has 24 heavy (non-hydrogen) atoms. The Balaban J connectivity index is 2.29. The maximum absolute atomic E-state index is 13.4. The Hall–Kier alpha value is -2.38. The highest BCUT2D eigenvalue weighted by Gasteiger charge is 2.48. The molecule has 0 radical (unpaired) electrons. The van der Waals surface area contributed by atoms with Gasteiger partial charge in [0.05, 0.1) is 12.1 Å². The molecule has 0 saturated carbocycles. The third-order valence-electron chi connectivity index (χ3n) is 4.09. The molecule has 2 rings (SSSR count). The summed E-state index contributed by atoms with van der Waals surface area (Å²) in [7, 11) is 0. The Morgan fingerprint density at radius 3 is 2.54 bits per heavy atom. The molecule has 1 unspecified atom stereocenters. The summed E-state index contributed by atoms with van der Waals surface area (Å²) in [6.07, 6.45) is -2.39. The molecule has 1 aromatic rings.